The Bertz CT molecular complexity index is 617. The van der Waals surface area contributed by atoms with Gasteiger partial charge < -0.3 is 0 Å². The first-order chi connectivity index (χ1) is 19.2. The topological polar surface area (TPSA) is 8.81 Å². The number of imidazole rings is 1. The Kier molecular flexibility index (Phi) is 25.4. The fraction of sp³-hybridized carbons (Fsp3) is 0.919. The van der Waals surface area contributed by atoms with E-state index in [9.17, 15) is 0 Å². The second kappa shape index (κ2) is 27.4. The molecule has 0 spiro atoms. The molecule has 230 valence electrons. The maximum Gasteiger partial charge on any atom is 0.256 e. The molecule has 0 aliphatic carbocycles. The Balaban J connectivity index is 2.04. The zero-order valence-electron chi connectivity index (χ0n) is 27.6. The smallest absolute Gasteiger partial charge is 0.234 e. The van der Waals surface area contributed by atoms with E-state index >= 15 is 0 Å². The molecule has 1 heterocycles. The van der Waals surface area contributed by atoms with E-state index in [4.69, 9.17) is 0 Å². The van der Waals surface area contributed by atoms with E-state index in [1.165, 1.54) is 186 Å². The molecule has 0 amide bonds. The highest BCUT2D eigenvalue weighted by Crippen LogP contribution is 2.16. The number of rotatable bonds is 30. The Labute approximate surface area is 247 Å². The van der Waals surface area contributed by atoms with Crippen molar-refractivity contribution in [1.82, 2.24) is 4.57 Å². The summed E-state index contributed by atoms with van der Waals surface area (Å²) in [6.07, 6.45) is 44.8. The van der Waals surface area contributed by atoms with Crippen LogP contribution in [-0.4, -0.2) is 4.57 Å². The quantitative estimate of drug-likeness (QED) is 0.0671. The molecule has 0 saturated heterocycles. The lowest BCUT2D eigenvalue weighted by Crippen LogP contribution is -2.37. The first-order valence-corrected chi connectivity index (χ1v) is 18.3. The standard InChI is InChI=1S/C37H73N2/c1-5-7-9-11-13-15-17-18-19-20-21-22-23-24-26-28-30-32-37-38(34-35-39(37)36(3)4)33-31-29-27-25-16-14-12-10-8-6-2/h34-36H,5-33H2,1-4H3/q+1. The minimum atomic E-state index is 0.569. The molecule has 1 rings (SSSR count). The van der Waals surface area contributed by atoms with Crippen LogP contribution in [0.25, 0.3) is 0 Å². The van der Waals surface area contributed by atoms with E-state index in [-0.39, 0.29) is 0 Å². The SMILES string of the molecule is CCCCCCCCCCCCCCCCCCCc1n(C(C)C)cc[n+]1CCCCCCCCCCCC. The molecule has 1 aromatic rings. The highest BCUT2D eigenvalue weighted by Gasteiger charge is 2.18. The van der Waals surface area contributed by atoms with E-state index < -0.39 is 0 Å². The lowest BCUT2D eigenvalue weighted by molar-refractivity contribution is -0.704. The maximum atomic E-state index is 2.58. The van der Waals surface area contributed by atoms with E-state index in [2.05, 4.69) is 49.2 Å². The van der Waals surface area contributed by atoms with Gasteiger partial charge >= 0.3 is 0 Å². The second-order valence-corrected chi connectivity index (χ2v) is 13.0. The number of nitrogens with zero attached hydrogens (tertiary/aromatic N) is 2. The van der Waals surface area contributed by atoms with Gasteiger partial charge in [0.1, 0.15) is 12.4 Å². The number of hydrogen-bond acceptors (Lipinski definition) is 0. The van der Waals surface area contributed by atoms with Crippen LogP contribution in [-0.2, 0) is 13.0 Å². The molecule has 0 atom stereocenters. The summed E-state index contributed by atoms with van der Waals surface area (Å²) in [5, 5.41) is 0. The van der Waals surface area contributed by atoms with E-state index in [1.54, 1.807) is 5.82 Å². The monoisotopic (exact) mass is 546 g/mol. The summed E-state index contributed by atoms with van der Waals surface area (Å²) in [7, 11) is 0. The second-order valence-electron chi connectivity index (χ2n) is 13.0. The molecular weight excluding hydrogens is 472 g/mol. The predicted molar refractivity (Wildman–Crippen MR) is 175 cm³/mol. The van der Waals surface area contributed by atoms with Crippen LogP contribution in [0.15, 0.2) is 12.4 Å². The van der Waals surface area contributed by atoms with Crippen LogP contribution < -0.4 is 4.57 Å². The van der Waals surface area contributed by atoms with Gasteiger partial charge in [0.15, 0.2) is 0 Å². The Morgan fingerprint density at radius 1 is 0.487 bits per heavy atom. The van der Waals surface area contributed by atoms with Crippen LogP contribution in [0.3, 0.4) is 0 Å². The van der Waals surface area contributed by atoms with Crippen molar-refractivity contribution in [3.63, 3.8) is 0 Å². The van der Waals surface area contributed by atoms with Crippen LogP contribution in [0, 0.1) is 0 Å². The first kappa shape index (κ1) is 36.2. The Morgan fingerprint density at radius 2 is 0.821 bits per heavy atom. The molecule has 2 heteroatoms. The molecule has 39 heavy (non-hydrogen) atoms. The summed E-state index contributed by atoms with van der Waals surface area (Å²) >= 11 is 0. The average molecular weight is 546 g/mol. The van der Waals surface area contributed by atoms with Crippen LogP contribution in [0.1, 0.15) is 213 Å². The first-order valence-electron chi connectivity index (χ1n) is 18.3. The Hall–Kier alpha value is -0.790. The van der Waals surface area contributed by atoms with E-state index in [1.807, 2.05) is 0 Å². The van der Waals surface area contributed by atoms with Gasteiger partial charge in [-0.2, -0.15) is 0 Å². The molecule has 0 radical (unpaired) electrons. The fourth-order valence-electron chi connectivity index (χ4n) is 6.20. The van der Waals surface area contributed by atoms with Crippen LogP contribution >= 0.6 is 0 Å². The minimum absolute atomic E-state index is 0.569. The predicted octanol–water partition coefficient (Wildman–Crippen LogP) is 12.5. The summed E-state index contributed by atoms with van der Waals surface area (Å²) in [6, 6.07) is 0.569. The molecule has 0 unspecified atom stereocenters. The highest BCUT2D eigenvalue weighted by molar-refractivity contribution is 4.86. The van der Waals surface area contributed by atoms with Gasteiger partial charge in [0, 0.05) is 6.42 Å². The van der Waals surface area contributed by atoms with Crippen LogP contribution in [0.2, 0.25) is 0 Å². The number of hydrogen-bond donors (Lipinski definition) is 0. The lowest BCUT2D eigenvalue weighted by atomic mass is 10.0. The normalized spacial score (nSPS) is 11.7. The molecular formula is C37H73N2+. The van der Waals surface area contributed by atoms with Crippen molar-refractivity contribution in [3.8, 4) is 0 Å². The molecule has 0 N–H and O–H groups in total. The minimum Gasteiger partial charge on any atom is -0.234 e. The van der Waals surface area contributed by atoms with Gasteiger partial charge in [0.25, 0.3) is 5.82 Å². The summed E-state index contributed by atoms with van der Waals surface area (Å²) in [5.74, 6) is 1.57. The molecule has 0 aliphatic rings. The average Bonchev–Trinajstić information content (AvgIpc) is 3.34. The molecule has 0 aliphatic heterocycles. The van der Waals surface area contributed by atoms with Crippen molar-refractivity contribution >= 4 is 0 Å². The van der Waals surface area contributed by atoms with Crippen LogP contribution in [0.4, 0.5) is 0 Å². The van der Waals surface area contributed by atoms with Crippen molar-refractivity contribution < 1.29 is 4.57 Å². The van der Waals surface area contributed by atoms with Gasteiger partial charge in [-0.3, -0.25) is 0 Å². The van der Waals surface area contributed by atoms with Crippen LogP contribution in [0.5, 0.6) is 0 Å². The summed E-state index contributed by atoms with van der Waals surface area (Å²) in [6.45, 7) is 10.5. The van der Waals surface area contributed by atoms with Gasteiger partial charge in [0.05, 0.1) is 12.6 Å². The van der Waals surface area contributed by atoms with Crippen molar-refractivity contribution in [2.24, 2.45) is 0 Å². The Morgan fingerprint density at radius 3 is 1.18 bits per heavy atom. The van der Waals surface area contributed by atoms with Gasteiger partial charge in [-0.15, -0.1) is 0 Å². The molecule has 0 aromatic carbocycles. The molecule has 0 saturated carbocycles. The third-order valence-corrected chi connectivity index (χ3v) is 8.85. The number of aromatic nitrogens is 2. The molecule has 2 nitrogen and oxygen atoms in total. The van der Waals surface area contributed by atoms with Gasteiger partial charge in [0.2, 0.25) is 0 Å². The molecule has 0 bridgehead atoms. The fourth-order valence-corrected chi connectivity index (χ4v) is 6.20. The van der Waals surface area contributed by atoms with E-state index in [0.29, 0.717) is 6.04 Å². The van der Waals surface area contributed by atoms with Crippen molar-refractivity contribution in [2.75, 3.05) is 0 Å². The third-order valence-electron chi connectivity index (χ3n) is 8.85. The van der Waals surface area contributed by atoms with Crippen molar-refractivity contribution in [2.45, 2.75) is 220 Å². The number of aryl methyl sites for hydroxylation is 1. The zero-order chi connectivity index (χ0) is 28.2. The summed E-state index contributed by atoms with van der Waals surface area (Å²) < 4.78 is 5.11. The van der Waals surface area contributed by atoms with E-state index in [0.717, 1.165) is 0 Å². The molecule has 0 fully saturated rings. The third kappa shape index (κ3) is 20.7. The summed E-state index contributed by atoms with van der Waals surface area (Å²) in [4.78, 5) is 0. The molecule has 1 aromatic heterocycles. The highest BCUT2D eigenvalue weighted by atomic mass is 15.2. The summed E-state index contributed by atoms with van der Waals surface area (Å²) in [5.41, 5.74) is 0. The van der Waals surface area contributed by atoms with Gasteiger partial charge in [-0.1, -0.05) is 168 Å². The maximum absolute atomic E-state index is 2.58. The van der Waals surface area contributed by atoms with Crippen molar-refractivity contribution in [1.29, 1.82) is 0 Å². The zero-order valence-corrected chi connectivity index (χ0v) is 27.6. The van der Waals surface area contributed by atoms with Gasteiger partial charge in [-0.05, 0) is 33.1 Å². The lowest BCUT2D eigenvalue weighted by Gasteiger charge is -2.08. The van der Waals surface area contributed by atoms with Crippen molar-refractivity contribution in [3.05, 3.63) is 18.2 Å². The number of unbranched alkanes of at least 4 members (excludes halogenated alkanes) is 25. The largest absolute Gasteiger partial charge is 0.256 e. The van der Waals surface area contributed by atoms with Gasteiger partial charge in [-0.25, -0.2) is 9.13 Å².